The first-order chi connectivity index (χ1) is 10.7. The monoisotopic (exact) mass is 310 g/mol. The average Bonchev–Trinajstić information content (AvgIpc) is 3.05. The summed E-state index contributed by atoms with van der Waals surface area (Å²) in [5, 5.41) is 5.53. The van der Waals surface area contributed by atoms with Gasteiger partial charge in [0.2, 0.25) is 5.75 Å². The standard InChI is InChI=1S/C15H22N2O5/c1-19-12-7-10(8-13(20-2)14(12)21-3)17-15(18)16-9-11-5-4-6-22-11/h7-8,11H,4-6,9H2,1-3H3,(H2,16,17,18)/t11-/m0/s1. The first-order valence-corrected chi connectivity index (χ1v) is 7.14. The highest BCUT2D eigenvalue weighted by Gasteiger charge is 2.17. The second-order valence-electron chi connectivity index (χ2n) is 4.88. The van der Waals surface area contributed by atoms with Gasteiger partial charge in [-0.05, 0) is 12.8 Å². The summed E-state index contributed by atoms with van der Waals surface area (Å²) in [5.41, 5.74) is 0.555. The molecule has 0 spiro atoms. The first kappa shape index (κ1) is 16.2. The van der Waals surface area contributed by atoms with Crippen LogP contribution in [0.1, 0.15) is 12.8 Å². The van der Waals surface area contributed by atoms with E-state index in [1.807, 2.05) is 0 Å². The lowest BCUT2D eigenvalue weighted by molar-refractivity contribution is 0.112. The van der Waals surface area contributed by atoms with Gasteiger partial charge >= 0.3 is 6.03 Å². The van der Waals surface area contributed by atoms with Crippen LogP contribution in [0.15, 0.2) is 12.1 Å². The van der Waals surface area contributed by atoms with Crippen molar-refractivity contribution in [2.45, 2.75) is 18.9 Å². The number of hydrogen-bond acceptors (Lipinski definition) is 5. The minimum absolute atomic E-state index is 0.102. The maximum absolute atomic E-state index is 11.9. The molecule has 0 unspecified atom stereocenters. The van der Waals surface area contributed by atoms with E-state index in [1.54, 1.807) is 12.1 Å². The predicted molar refractivity (Wildman–Crippen MR) is 82.1 cm³/mol. The molecule has 0 aliphatic carbocycles. The Morgan fingerprint density at radius 1 is 1.23 bits per heavy atom. The molecular weight excluding hydrogens is 288 g/mol. The zero-order valence-electron chi connectivity index (χ0n) is 13.1. The summed E-state index contributed by atoms with van der Waals surface area (Å²) >= 11 is 0. The van der Waals surface area contributed by atoms with Crippen LogP contribution in [0.25, 0.3) is 0 Å². The molecule has 2 amide bonds. The van der Waals surface area contributed by atoms with E-state index < -0.39 is 0 Å². The van der Waals surface area contributed by atoms with Crippen LogP contribution in [-0.2, 0) is 4.74 Å². The summed E-state index contributed by atoms with van der Waals surface area (Å²) in [6, 6.07) is 3.05. The number of carbonyl (C=O) groups is 1. The fourth-order valence-corrected chi connectivity index (χ4v) is 2.34. The SMILES string of the molecule is COc1cc(NC(=O)NC[C@@H]2CCCO2)cc(OC)c1OC. The van der Waals surface area contributed by atoms with Gasteiger partial charge in [-0.1, -0.05) is 0 Å². The average molecular weight is 310 g/mol. The van der Waals surface area contributed by atoms with E-state index in [0.717, 1.165) is 19.4 Å². The molecule has 22 heavy (non-hydrogen) atoms. The van der Waals surface area contributed by atoms with Crippen LogP contribution in [0.2, 0.25) is 0 Å². The topological polar surface area (TPSA) is 78.1 Å². The van der Waals surface area contributed by atoms with Crippen molar-refractivity contribution < 1.29 is 23.7 Å². The van der Waals surface area contributed by atoms with E-state index in [2.05, 4.69) is 10.6 Å². The van der Waals surface area contributed by atoms with Crippen molar-refractivity contribution in [2.75, 3.05) is 39.8 Å². The Labute approximate surface area is 129 Å². The molecule has 1 aromatic rings. The molecule has 1 saturated heterocycles. The van der Waals surface area contributed by atoms with E-state index in [4.69, 9.17) is 18.9 Å². The third-order valence-corrected chi connectivity index (χ3v) is 3.44. The number of benzene rings is 1. The Balaban J connectivity index is 2.00. The molecule has 1 aromatic carbocycles. The number of carbonyl (C=O) groups excluding carboxylic acids is 1. The molecule has 0 aromatic heterocycles. The van der Waals surface area contributed by atoms with Gasteiger partial charge in [-0.2, -0.15) is 0 Å². The third kappa shape index (κ3) is 3.94. The number of amides is 2. The third-order valence-electron chi connectivity index (χ3n) is 3.44. The second-order valence-corrected chi connectivity index (χ2v) is 4.88. The number of rotatable bonds is 6. The van der Waals surface area contributed by atoms with Crippen molar-refractivity contribution in [3.8, 4) is 17.2 Å². The Bertz CT molecular complexity index is 490. The molecule has 2 N–H and O–H groups in total. The smallest absolute Gasteiger partial charge is 0.319 e. The normalized spacial score (nSPS) is 17.0. The predicted octanol–water partition coefficient (Wildman–Crippen LogP) is 2.01. The number of ether oxygens (including phenoxy) is 4. The minimum atomic E-state index is -0.301. The fraction of sp³-hybridized carbons (Fsp3) is 0.533. The van der Waals surface area contributed by atoms with Gasteiger partial charge in [0.15, 0.2) is 11.5 Å². The van der Waals surface area contributed by atoms with E-state index in [-0.39, 0.29) is 12.1 Å². The van der Waals surface area contributed by atoms with Crippen molar-refractivity contribution in [1.82, 2.24) is 5.32 Å². The van der Waals surface area contributed by atoms with Crippen LogP contribution < -0.4 is 24.8 Å². The van der Waals surface area contributed by atoms with Crippen LogP contribution in [-0.4, -0.2) is 46.6 Å². The Morgan fingerprint density at radius 2 is 1.91 bits per heavy atom. The summed E-state index contributed by atoms with van der Waals surface area (Å²) in [7, 11) is 4.58. The molecule has 1 heterocycles. The van der Waals surface area contributed by atoms with Crippen molar-refractivity contribution in [3.63, 3.8) is 0 Å². The van der Waals surface area contributed by atoms with Gasteiger partial charge in [-0.25, -0.2) is 4.79 Å². The highest BCUT2D eigenvalue weighted by molar-refractivity contribution is 5.90. The Morgan fingerprint density at radius 3 is 2.41 bits per heavy atom. The lowest BCUT2D eigenvalue weighted by Crippen LogP contribution is -2.35. The molecule has 0 saturated carbocycles. The van der Waals surface area contributed by atoms with Crippen LogP contribution in [0.5, 0.6) is 17.2 Å². The summed E-state index contributed by atoms with van der Waals surface area (Å²) in [4.78, 5) is 11.9. The van der Waals surface area contributed by atoms with Crippen molar-refractivity contribution in [3.05, 3.63) is 12.1 Å². The lowest BCUT2D eigenvalue weighted by Gasteiger charge is -2.15. The molecule has 7 heteroatoms. The van der Waals surface area contributed by atoms with E-state index in [1.165, 1.54) is 21.3 Å². The minimum Gasteiger partial charge on any atom is -0.493 e. The van der Waals surface area contributed by atoms with Gasteiger partial charge < -0.3 is 29.6 Å². The lowest BCUT2D eigenvalue weighted by atomic mass is 10.2. The molecule has 1 aliphatic heterocycles. The second kappa shape index (κ2) is 7.74. The molecule has 0 radical (unpaired) electrons. The highest BCUT2D eigenvalue weighted by atomic mass is 16.5. The molecule has 7 nitrogen and oxygen atoms in total. The largest absolute Gasteiger partial charge is 0.493 e. The van der Waals surface area contributed by atoms with Gasteiger partial charge in [0.05, 0.1) is 33.1 Å². The van der Waals surface area contributed by atoms with Gasteiger partial charge in [0, 0.05) is 25.3 Å². The van der Waals surface area contributed by atoms with Crippen molar-refractivity contribution >= 4 is 11.7 Å². The number of hydrogen-bond donors (Lipinski definition) is 2. The number of methoxy groups -OCH3 is 3. The van der Waals surface area contributed by atoms with Gasteiger partial charge in [-0.15, -0.1) is 0 Å². The quantitative estimate of drug-likeness (QED) is 0.840. The highest BCUT2D eigenvalue weighted by Crippen LogP contribution is 2.39. The van der Waals surface area contributed by atoms with E-state index in [0.29, 0.717) is 29.5 Å². The van der Waals surface area contributed by atoms with Crippen molar-refractivity contribution in [1.29, 1.82) is 0 Å². The molecule has 2 rings (SSSR count). The summed E-state index contributed by atoms with van der Waals surface area (Å²) in [5.74, 6) is 1.45. The zero-order chi connectivity index (χ0) is 15.9. The molecular formula is C15H22N2O5. The summed E-state index contributed by atoms with van der Waals surface area (Å²) < 4.78 is 21.2. The molecule has 1 atom stereocenters. The number of nitrogens with one attached hydrogen (secondary N) is 2. The molecule has 122 valence electrons. The Kier molecular flexibility index (Phi) is 5.71. The zero-order valence-corrected chi connectivity index (χ0v) is 13.1. The van der Waals surface area contributed by atoms with Gasteiger partial charge in [0.25, 0.3) is 0 Å². The van der Waals surface area contributed by atoms with Crippen molar-refractivity contribution in [2.24, 2.45) is 0 Å². The van der Waals surface area contributed by atoms with Gasteiger partial charge in [0.1, 0.15) is 0 Å². The first-order valence-electron chi connectivity index (χ1n) is 7.14. The number of anilines is 1. The van der Waals surface area contributed by atoms with Gasteiger partial charge in [-0.3, -0.25) is 0 Å². The number of urea groups is 1. The van der Waals surface area contributed by atoms with E-state index >= 15 is 0 Å². The maximum Gasteiger partial charge on any atom is 0.319 e. The summed E-state index contributed by atoms with van der Waals surface area (Å²) in [6.07, 6.45) is 2.12. The Hall–Kier alpha value is -2.15. The van der Waals surface area contributed by atoms with Crippen LogP contribution in [0, 0.1) is 0 Å². The maximum atomic E-state index is 11.9. The van der Waals surface area contributed by atoms with E-state index in [9.17, 15) is 4.79 Å². The summed E-state index contributed by atoms with van der Waals surface area (Å²) in [6.45, 7) is 1.26. The molecule has 0 bridgehead atoms. The molecule has 1 aliphatic rings. The van der Waals surface area contributed by atoms with Crippen LogP contribution >= 0.6 is 0 Å². The molecule has 1 fully saturated rings. The van der Waals surface area contributed by atoms with Crippen LogP contribution in [0.4, 0.5) is 10.5 Å². The van der Waals surface area contributed by atoms with Crippen LogP contribution in [0.3, 0.4) is 0 Å². The fourth-order valence-electron chi connectivity index (χ4n) is 2.34.